The number of rotatable bonds is 8. The Kier molecular flexibility index (Phi) is 11.7. The fourth-order valence-corrected chi connectivity index (χ4v) is 3.74. The molecular formula is C24H36IN5O. The Morgan fingerprint density at radius 3 is 2.42 bits per heavy atom. The van der Waals surface area contributed by atoms with Crippen LogP contribution in [0.25, 0.3) is 0 Å². The van der Waals surface area contributed by atoms with Gasteiger partial charge in [-0.05, 0) is 37.0 Å². The molecule has 0 radical (unpaired) electrons. The van der Waals surface area contributed by atoms with Gasteiger partial charge in [0, 0.05) is 38.3 Å². The van der Waals surface area contributed by atoms with Crippen molar-refractivity contribution in [3.8, 4) is 0 Å². The first-order valence-corrected chi connectivity index (χ1v) is 11.2. The highest BCUT2D eigenvalue weighted by atomic mass is 127. The zero-order valence-electron chi connectivity index (χ0n) is 18.5. The van der Waals surface area contributed by atoms with E-state index in [2.05, 4.69) is 39.6 Å². The van der Waals surface area contributed by atoms with E-state index in [1.54, 1.807) is 0 Å². The van der Waals surface area contributed by atoms with Crippen LogP contribution in [0.1, 0.15) is 49.7 Å². The van der Waals surface area contributed by atoms with Gasteiger partial charge in [-0.3, -0.25) is 0 Å². The quantitative estimate of drug-likeness (QED) is 0.271. The van der Waals surface area contributed by atoms with E-state index in [-0.39, 0.29) is 36.5 Å². The second-order valence-corrected chi connectivity index (χ2v) is 7.79. The van der Waals surface area contributed by atoms with Crippen LogP contribution in [0.4, 0.5) is 5.82 Å². The number of hydrogen-bond donors (Lipinski definition) is 3. The van der Waals surface area contributed by atoms with Gasteiger partial charge in [0.15, 0.2) is 5.96 Å². The topological polar surface area (TPSA) is 72.8 Å². The number of nitrogens with zero attached hydrogens (tertiary/aromatic N) is 3. The molecule has 31 heavy (non-hydrogen) atoms. The predicted octanol–water partition coefficient (Wildman–Crippen LogP) is 3.91. The van der Waals surface area contributed by atoms with Crippen LogP contribution in [0.15, 0.2) is 53.7 Å². The normalized spacial score (nSPS) is 15.5. The van der Waals surface area contributed by atoms with Gasteiger partial charge in [-0.2, -0.15) is 0 Å². The number of aromatic nitrogens is 1. The molecule has 1 saturated heterocycles. The van der Waals surface area contributed by atoms with E-state index in [9.17, 15) is 5.11 Å². The van der Waals surface area contributed by atoms with Gasteiger partial charge in [-0.15, -0.1) is 24.0 Å². The molecule has 0 amide bonds. The average Bonchev–Trinajstić information content (AvgIpc) is 3.08. The lowest BCUT2D eigenvalue weighted by Crippen LogP contribution is -2.39. The molecule has 0 aliphatic carbocycles. The summed E-state index contributed by atoms with van der Waals surface area (Å²) in [6.07, 6.45) is 7.09. The van der Waals surface area contributed by atoms with E-state index in [4.69, 9.17) is 4.99 Å². The smallest absolute Gasteiger partial charge is 0.191 e. The molecule has 1 aliphatic rings. The van der Waals surface area contributed by atoms with Crippen LogP contribution in [0.2, 0.25) is 0 Å². The first-order chi connectivity index (χ1) is 14.8. The van der Waals surface area contributed by atoms with Gasteiger partial charge in [0.25, 0.3) is 0 Å². The number of anilines is 1. The third kappa shape index (κ3) is 8.29. The molecule has 170 valence electrons. The highest BCUT2D eigenvalue weighted by Crippen LogP contribution is 2.18. The number of halogens is 1. The third-order valence-corrected chi connectivity index (χ3v) is 5.51. The molecule has 1 aromatic carbocycles. The summed E-state index contributed by atoms with van der Waals surface area (Å²) in [6, 6.07) is 14.3. The van der Waals surface area contributed by atoms with Crippen LogP contribution in [0.5, 0.6) is 0 Å². The Morgan fingerprint density at radius 1 is 1.06 bits per heavy atom. The molecule has 7 heteroatoms. The maximum Gasteiger partial charge on any atom is 0.191 e. The SMILES string of the molecule is CCNC(=NCc1ccc(N2CCCCCC2)nc1)NCC(CO)c1ccccc1.I. The summed E-state index contributed by atoms with van der Waals surface area (Å²) >= 11 is 0. The summed E-state index contributed by atoms with van der Waals surface area (Å²) in [5, 5.41) is 16.4. The number of nitrogens with one attached hydrogen (secondary N) is 2. The number of benzene rings is 1. The molecule has 3 N–H and O–H groups in total. The molecule has 1 unspecified atom stereocenters. The van der Waals surface area contributed by atoms with Crippen LogP contribution < -0.4 is 15.5 Å². The Morgan fingerprint density at radius 2 is 1.81 bits per heavy atom. The van der Waals surface area contributed by atoms with E-state index in [0.29, 0.717) is 13.1 Å². The second-order valence-electron chi connectivity index (χ2n) is 7.79. The Bertz CT molecular complexity index is 761. The standard InChI is InChI=1S/C24H35N5O.HI/c1-2-25-24(28-18-22(19-30)21-10-6-5-7-11-21)27-17-20-12-13-23(26-16-20)29-14-8-3-4-9-15-29;/h5-7,10-13,16,22,30H,2-4,8-9,14-15,17-19H2,1H3,(H2,25,27,28);1H. The molecular weight excluding hydrogens is 501 g/mol. The summed E-state index contributed by atoms with van der Waals surface area (Å²) in [7, 11) is 0. The number of guanidine groups is 1. The van der Waals surface area contributed by atoms with Crippen LogP contribution in [-0.4, -0.2) is 48.8 Å². The zero-order chi connectivity index (χ0) is 21.0. The van der Waals surface area contributed by atoms with Crippen molar-refractivity contribution in [2.24, 2.45) is 4.99 Å². The van der Waals surface area contributed by atoms with Gasteiger partial charge in [0.1, 0.15) is 5.82 Å². The maximum absolute atomic E-state index is 9.77. The minimum absolute atomic E-state index is 0. The van der Waals surface area contributed by atoms with Crippen molar-refractivity contribution in [2.45, 2.75) is 45.1 Å². The Hall–Kier alpha value is -1.87. The fraction of sp³-hybridized carbons (Fsp3) is 0.500. The van der Waals surface area contributed by atoms with Gasteiger partial charge in [-0.1, -0.05) is 49.2 Å². The fourth-order valence-electron chi connectivity index (χ4n) is 3.74. The average molecular weight is 537 g/mol. The van der Waals surface area contributed by atoms with Crippen LogP contribution in [0.3, 0.4) is 0 Å². The predicted molar refractivity (Wildman–Crippen MR) is 139 cm³/mol. The molecule has 2 aromatic rings. The molecule has 3 rings (SSSR count). The molecule has 1 aromatic heterocycles. The van der Waals surface area contributed by atoms with Crippen LogP contribution >= 0.6 is 24.0 Å². The summed E-state index contributed by atoms with van der Waals surface area (Å²) in [5.41, 5.74) is 2.21. The van der Waals surface area contributed by atoms with E-state index in [1.165, 1.54) is 25.7 Å². The van der Waals surface area contributed by atoms with Crippen molar-refractivity contribution in [3.63, 3.8) is 0 Å². The minimum Gasteiger partial charge on any atom is -0.396 e. The molecule has 1 atom stereocenters. The van der Waals surface area contributed by atoms with Gasteiger partial charge >= 0.3 is 0 Å². The zero-order valence-corrected chi connectivity index (χ0v) is 20.8. The maximum atomic E-state index is 9.77. The summed E-state index contributed by atoms with van der Waals surface area (Å²) in [4.78, 5) is 11.8. The monoisotopic (exact) mass is 537 g/mol. The Labute approximate surface area is 203 Å². The number of pyridine rings is 1. The van der Waals surface area contributed by atoms with Crippen molar-refractivity contribution in [1.29, 1.82) is 0 Å². The minimum atomic E-state index is 0. The second kappa shape index (κ2) is 14.2. The van der Waals surface area contributed by atoms with Gasteiger partial charge < -0.3 is 20.6 Å². The summed E-state index contributed by atoms with van der Waals surface area (Å²) in [5.74, 6) is 1.86. The Balaban J connectivity index is 0.00000341. The van der Waals surface area contributed by atoms with Crippen molar-refractivity contribution in [2.75, 3.05) is 37.7 Å². The summed E-state index contributed by atoms with van der Waals surface area (Å²) in [6.45, 7) is 6.33. The lowest BCUT2D eigenvalue weighted by molar-refractivity contribution is 0.265. The first kappa shape index (κ1) is 25.4. The molecule has 0 saturated carbocycles. The third-order valence-electron chi connectivity index (χ3n) is 5.51. The number of hydrogen-bond acceptors (Lipinski definition) is 4. The molecule has 2 heterocycles. The highest BCUT2D eigenvalue weighted by Gasteiger charge is 2.12. The molecule has 1 aliphatic heterocycles. The molecule has 1 fully saturated rings. The van der Waals surface area contributed by atoms with Crippen molar-refractivity contribution < 1.29 is 5.11 Å². The number of aliphatic imine (C=N–C) groups is 1. The summed E-state index contributed by atoms with van der Waals surface area (Å²) < 4.78 is 0. The highest BCUT2D eigenvalue weighted by molar-refractivity contribution is 14.0. The van der Waals surface area contributed by atoms with Gasteiger partial charge in [0.2, 0.25) is 0 Å². The van der Waals surface area contributed by atoms with E-state index in [1.807, 2.05) is 36.5 Å². The van der Waals surface area contributed by atoms with Gasteiger partial charge in [-0.25, -0.2) is 9.98 Å². The van der Waals surface area contributed by atoms with Crippen LogP contribution in [0, 0.1) is 0 Å². The van der Waals surface area contributed by atoms with Gasteiger partial charge in [0.05, 0.1) is 13.2 Å². The van der Waals surface area contributed by atoms with E-state index >= 15 is 0 Å². The largest absolute Gasteiger partial charge is 0.396 e. The van der Waals surface area contributed by atoms with Crippen molar-refractivity contribution in [1.82, 2.24) is 15.6 Å². The van der Waals surface area contributed by atoms with E-state index in [0.717, 1.165) is 42.5 Å². The van der Waals surface area contributed by atoms with Crippen molar-refractivity contribution in [3.05, 3.63) is 59.8 Å². The lowest BCUT2D eigenvalue weighted by atomic mass is 10.0. The first-order valence-electron chi connectivity index (χ1n) is 11.2. The molecule has 6 nitrogen and oxygen atoms in total. The molecule has 0 spiro atoms. The number of aliphatic hydroxyl groups is 1. The lowest BCUT2D eigenvalue weighted by Gasteiger charge is -2.21. The van der Waals surface area contributed by atoms with Crippen LogP contribution in [-0.2, 0) is 6.54 Å². The number of aliphatic hydroxyl groups excluding tert-OH is 1. The van der Waals surface area contributed by atoms with Crippen molar-refractivity contribution >= 4 is 35.8 Å². The molecule has 0 bridgehead atoms. The van der Waals surface area contributed by atoms with E-state index < -0.39 is 0 Å².